The molecule has 136 valence electrons. The van der Waals surface area contributed by atoms with Crippen molar-refractivity contribution in [1.29, 1.82) is 0 Å². The minimum atomic E-state index is -0.202. The SMILES string of the molecule is CC/C=C\C(C(=O)NCc1cccc(Oc2ccccc2Cl)c1)=C(/C)N. The second-order valence-electron chi connectivity index (χ2n) is 5.77. The van der Waals surface area contributed by atoms with Gasteiger partial charge in [-0.1, -0.05) is 54.9 Å². The first-order chi connectivity index (χ1) is 12.5. The Hall–Kier alpha value is -2.72. The minimum Gasteiger partial charge on any atom is -0.456 e. The highest BCUT2D eigenvalue weighted by atomic mass is 35.5. The first-order valence-electron chi connectivity index (χ1n) is 8.43. The molecule has 2 rings (SSSR count). The summed E-state index contributed by atoms with van der Waals surface area (Å²) in [5, 5.41) is 3.43. The molecule has 0 aromatic heterocycles. The molecular weight excluding hydrogens is 348 g/mol. The van der Waals surface area contributed by atoms with Crippen LogP contribution in [-0.2, 0) is 11.3 Å². The average molecular weight is 371 g/mol. The summed E-state index contributed by atoms with van der Waals surface area (Å²) in [5.74, 6) is 1.04. The van der Waals surface area contributed by atoms with Crippen LogP contribution in [-0.4, -0.2) is 5.91 Å². The fourth-order valence-electron chi connectivity index (χ4n) is 2.27. The number of benzene rings is 2. The van der Waals surface area contributed by atoms with Gasteiger partial charge in [-0.2, -0.15) is 0 Å². The van der Waals surface area contributed by atoms with Gasteiger partial charge in [-0.15, -0.1) is 0 Å². The van der Waals surface area contributed by atoms with Crippen molar-refractivity contribution in [3.05, 3.63) is 82.5 Å². The summed E-state index contributed by atoms with van der Waals surface area (Å²) in [6, 6.07) is 14.8. The van der Waals surface area contributed by atoms with E-state index in [1.54, 1.807) is 25.1 Å². The van der Waals surface area contributed by atoms with Gasteiger partial charge in [0.2, 0.25) is 0 Å². The number of halogens is 1. The summed E-state index contributed by atoms with van der Waals surface area (Å²) in [6.45, 7) is 4.09. The molecule has 0 bridgehead atoms. The molecule has 0 unspecified atom stereocenters. The van der Waals surface area contributed by atoms with E-state index in [4.69, 9.17) is 22.1 Å². The monoisotopic (exact) mass is 370 g/mol. The zero-order chi connectivity index (χ0) is 18.9. The normalized spacial score (nSPS) is 12.0. The Bertz CT molecular complexity index is 824. The van der Waals surface area contributed by atoms with Gasteiger partial charge in [0.1, 0.15) is 11.5 Å². The van der Waals surface area contributed by atoms with Gasteiger partial charge in [0.05, 0.1) is 10.6 Å². The summed E-state index contributed by atoms with van der Waals surface area (Å²) >= 11 is 6.12. The molecule has 0 aliphatic carbocycles. The van der Waals surface area contributed by atoms with Crippen LogP contribution >= 0.6 is 11.6 Å². The maximum Gasteiger partial charge on any atom is 0.253 e. The molecule has 0 saturated heterocycles. The van der Waals surface area contributed by atoms with E-state index in [1.807, 2.05) is 49.4 Å². The molecule has 0 heterocycles. The topological polar surface area (TPSA) is 64.3 Å². The molecule has 0 aliphatic rings. The van der Waals surface area contributed by atoms with Gasteiger partial charge >= 0.3 is 0 Å². The molecule has 5 heteroatoms. The van der Waals surface area contributed by atoms with Crippen LogP contribution in [0, 0.1) is 0 Å². The number of allylic oxidation sites excluding steroid dienone is 2. The Labute approximate surface area is 159 Å². The largest absolute Gasteiger partial charge is 0.456 e. The van der Waals surface area contributed by atoms with E-state index in [0.29, 0.717) is 34.3 Å². The molecule has 0 atom stereocenters. The minimum absolute atomic E-state index is 0.202. The van der Waals surface area contributed by atoms with E-state index in [0.717, 1.165) is 12.0 Å². The fraction of sp³-hybridized carbons (Fsp3) is 0.190. The third kappa shape index (κ3) is 5.67. The molecule has 2 aromatic carbocycles. The molecule has 0 radical (unpaired) electrons. The number of rotatable bonds is 7. The van der Waals surface area contributed by atoms with Crippen LogP contribution in [0.5, 0.6) is 11.5 Å². The molecular formula is C21H23ClN2O2. The second-order valence-corrected chi connectivity index (χ2v) is 6.18. The number of para-hydroxylation sites is 1. The summed E-state index contributed by atoms with van der Waals surface area (Å²) in [5.41, 5.74) is 7.69. The Morgan fingerprint density at radius 2 is 2.00 bits per heavy atom. The van der Waals surface area contributed by atoms with Gasteiger partial charge in [-0.3, -0.25) is 4.79 Å². The third-order valence-electron chi connectivity index (χ3n) is 3.61. The Morgan fingerprint density at radius 3 is 2.69 bits per heavy atom. The maximum atomic E-state index is 12.3. The highest BCUT2D eigenvalue weighted by Gasteiger charge is 2.09. The summed E-state index contributed by atoms with van der Waals surface area (Å²) in [4.78, 5) is 12.3. The van der Waals surface area contributed by atoms with Crippen LogP contribution in [0.2, 0.25) is 5.02 Å². The zero-order valence-electron chi connectivity index (χ0n) is 15.0. The van der Waals surface area contributed by atoms with Crippen LogP contribution in [0.15, 0.2) is 72.0 Å². The van der Waals surface area contributed by atoms with Gasteiger partial charge in [0.15, 0.2) is 0 Å². The molecule has 0 fully saturated rings. The number of carbonyl (C=O) groups excluding carboxylic acids is 1. The number of hydrogen-bond donors (Lipinski definition) is 2. The van der Waals surface area contributed by atoms with E-state index in [9.17, 15) is 4.79 Å². The van der Waals surface area contributed by atoms with Crippen molar-refractivity contribution in [2.75, 3.05) is 0 Å². The van der Waals surface area contributed by atoms with Crippen LogP contribution in [0.3, 0.4) is 0 Å². The molecule has 0 saturated carbocycles. The van der Waals surface area contributed by atoms with E-state index >= 15 is 0 Å². The first-order valence-corrected chi connectivity index (χ1v) is 8.81. The summed E-state index contributed by atoms with van der Waals surface area (Å²) in [7, 11) is 0. The van der Waals surface area contributed by atoms with Gasteiger partial charge in [0, 0.05) is 12.2 Å². The smallest absolute Gasteiger partial charge is 0.253 e. The van der Waals surface area contributed by atoms with Crippen molar-refractivity contribution in [2.45, 2.75) is 26.8 Å². The van der Waals surface area contributed by atoms with Crippen LogP contribution in [0.1, 0.15) is 25.8 Å². The van der Waals surface area contributed by atoms with Crippen molar-refractivity contribution in [2.24, 2.45) is 5.73 Å². The maximum absolute atomic E-state index is 12.3. The zero-order valence-corrected chi connectivity index (χ0v) is 15.7. The van der Waals surface area contributed by atoms with Gasteiger partial charge in [-0.25, -0.2) is 0 Å². The predicted molar refractivity (Wildman–Crippen MR) is 106 cm³/mol. The number of hydrogen-bond acceptors (Lipinski definition) is 3. The molecule has 0 aliphatic heterocycles. The highest BCUT2D eigenvalue weighted by molar-refractivity contribution is 6.32. The van der Waals surface area contributed by atoms with Crippen molar-refractivity contribution < 1.29 is 9.53 Å². The lowest BCUT2D eigenvalue weighted by Crippen LogP contribution is -2.25. The molecule has 4 nitrogen and oxygen atoms in total. The third-order valence-corrected chi connectivity index (χ3v) is 3.92. The molecule has 0 spiro atoms. The van der Waals surface area contributed by atoms with Gasteiger partial charge < -0.3 is 15.8 Å². The molecule has 26 heavy (non-hydrogen) atoms. The number of nitrogens with one attached hydrogen (secondary N) is 1. The predicted octanol–water partition coefficient (Wildman–Crippen LogP) is 4.95. The Morgan fingerprint density at radius 1 is 1.23 bits per heavy atom. The van der Waals surface area contributed by atoms with E-state index in [2.05, 4.69) is 5.32 Å². The molecule has 2 aromatic rings. The number of carbonyl (C=O) groups is 1. The van der Waals surface area contributed by atoms with Gasteiger partial charge in [-0.05, 0) is 43.2 Å². The van der Waals surface area contributed by atoms with Crippen molar-refractivity contribution in [3.63, 3.8) is 0 Å². The summed E-state index contributed by atoms with van der Waals surface area (Å²) in [6.07, 6.45) is 4.50. The second kappa shape index (κ2) is 9.68. The van der Waals surface area contributed by atoms with E-state index in [-0.39, 0.29) is 5.91 Å². The van der Waals surface area contributed by atoms with Gasteiger partial charge in [0.25, 0.3) is 5.91 Å². The number of nitrogens with two attached hydrogens (primary N) is 1. The van der Waals surface area contributed by atoms with E-state index < -0.39 is 0 Å². The standard InChI is InChI=1S/C21H23ClN2O2/c1-3-4-10-18(15(2)23)21(25)24-14-16-8-7-9-17(13-16)26-20-12-6-5-11-19(20)22/h4-13H,3,14,23H2,1-2H3,(H,24,25)/b10-4-,18-15-. The first kappa shape index (κ1) is 19.6. The highest BCUT2D eigenvalue weighted by Crippen LogP contribution is 2.29. The quantitative estimate of drug-likeness (QED) is 0.535. The Balaban J connectivity index is 2.05. The Kier molecular flexibility index (Phi) is 7.30. The lowest BCUT2D eigenvalue weighted by atomic mass is 10.1. The lowest BCUT2D eigenvalue weighted by Gasteiger charge is -2.10. The van der Waals surface area contributed by atoms with Crippen molar-refractivity contribution in [1.82, 2.24) is 5.32 Å². The summed E-state index contributed by atoms with van der Waals surface area (Å²) < 4.78 is 5.81. The van der Waals surface area contributed by atoms with Crippen LogP contribution in [0.4, 0.5) is 0 Å². The van der Waals surface area contributed by atoms with Crippen molar-refractivity contribution >= 4 is 17.5 Å². The van der Waals surface area contributed by atoms with Crippen molar-refractivity contribution in [3.8, 4) is 11.5 Å². The number of ether oxygens (including phenoxy) is 1. The lowest BCUT2D eigenvalue weighted by molar-refractivity contribution is -0.117. The van der Waals surface area contributed by atoms with Crippen LogP contribution < -0.4 is 15.8 Å². The molecule has 3 N–H and O–H groups in total. The number of amides is 1. The van der Waals surface area contributed by atoms with Crippen LogP contribution in [0.25, 0.3) is 0 Å². The average Bonchev–Trinajstić information content (AvgIpc) is 2.62. The molecule has 1 amide bonds. The fourth-order valence-corrected chi connectivity index (χ4v) is 2.45. The van der Waals surface area contributed by atoms with E-state index in [1.165, 1.54) is 0 Å².